The van der Waals surface area contributed by atoms with Crippen molar-refractivity contribution in [2.75, 3.05) is 11.9 Å². The first kappa shape index (κ1) is 25.2. The number of amides is 1. The molecule has 0 saturated heterocycles. The first-order valence-electron chi connectivity index (χ1n) is 9.64. The third kappa shape index (κ3) is 6.34. The average molecular weight is 504 g/mol. The Balaban J connectivity index is 1.78. The Morgan fingerprint density at radius 1 is 0.882 bits per heavy atom. The molecule has 3 aromatic rings. The van der Waals surface area contributed by atoms with Gasteiger partial charge in [0.15, 0.2) is 0 Å². The van der Waals surface area contributed by atoms with Crippen LogP contribution in [0, 0.1) is 0 Å². The maximum absolute atomic E-state index is 13.2. The number of phenolic OH excluding ortho intramolecular Hbond substituents is 1. The summed E-state index contributed by atoms with van der Waals surface area (Å²) < 4.78 is 83.0. The van der Waals surface area contributed by atoms with Crippen LogP contribution in [-0.4, -0.2) is 17.6 Å². The van der Waals surface area contributed by atoms with Gasteiger partial charge in [-0.3, -0.25) is 4.79 Å². The molecule has 0 aliphatic heterocycles. The number of alkyl halides is 6. The molecule has 0 spiro atoms. The van der Waals surface area contributed by atoms with Crippen LogP contribution in [0.2, 0.25) is 5.02 Å². The summed E-state index contributed by atoms with van der Waals surface area (Å²) in [5.41, 5.74) is -1.93. The molecule has 0 fully saturated rings. The highest BCUT2D eigenvalue weighted by molar-refractivity contribution is 6.31. The number of carbonyl (C=O) groups is 1. The maximum Gasteiger partial charge on any atom is 0.416 e. The third-order valence-corrected chi connectivity index (χ3v) is 4.92. The van der Waals surface area contributed by atoms with Crippen molar-refractivity contribution in [3.8, 4) is 11.5 Å². The van der Waals surface area contributed by atoms with Crippen molar-refractivity contribution < 1.29 is 41.0 Å². The van der Waals surface area contributed by atoms with Crippen molar-refractivity contribution in [1.82, 2.24) is 0 Å². The molecule has 0 atom stereocenters. The molecular weight excluding hydrogens is 488 g/mol. The topological polar surface area (TPSA) is 58.6 Å². The maximum atomic E-state index is 13.2. The molecule has 3 aromatic carbocycles. The number of rotatable bonds is 6. The fraction of sp³-hybridized carbons (Fsp3) is 0.174. The number of halogens is 7. The van der Waals surface area contributed by atoms with Crippen molar-refractivity contribution in [2.24, 2.45) is 0 Å². The minimum Gasteiger partial charge on any atom is -0.507 e. The second-order valence-electron chi connectivity index (χ2n) is 7.12. The van der Waals surface area contributed by atoms with Crippen LogP contribution in [0.1, 0.15) is 27.0 Å². The summed E-state index contributed by atoms with van der Waals surface area (Å²) in [6.07, 6.45) is -9.02. The zero-order valence-corrected chi connectivity index (χ0v) is 17.9. The predicted molar refractivity (Wildman–Crippen MR) is 113 cm³/mol. The molecule has 4 nitrogen and oxygen atoms in total. The Bertz CT molecular complexity index is 1180. The summed E-state index contributed by atoms with van der Waals surface area (Å²) in [7, 11) is 0. The van der Waals surface area contributed by atoms with E-state index in [0.717, 1.165) is 36.4 Å². The zero-order valence-electron chi connectivity index (χ0n) is 17.1. The number of aromatic hydroxyl groups is 1. The van der Waals surface area contributed by atoms with Gasteiger partial charge in [-0.2, -0.15) is 26.3 Å². The minimum atomic E-state index is -4.70. The van der Waals surface area contributed by atoms with E-state index in [9.17, 15) is 36.2 Å². The lowest BCUT2D eigenvalue weighted by atomic mass is 10.1. The van der Waals surface area contributed by atoms with Crippen LogP contribution in [0.5, 0.6) is 11.5 Å². The Morgan fingerprint density at radius 2 is 1.50 bits per heavy atom. The second-order valence-corrected chi connectivity index (χ2v) is 7.55. The van der Waals surface area contributed by atoms with Gasteiger partial charge in [-0.1, -0.05) is 23.7 Å². The third-order valence-electron chi connectivity index (χ3n) is 4.69. The monoisotopic (exact) mass is 503 g/mol. The van der Waals surface area contributed by atoms with E-state index < -0.39 is 35.1 Å². The van der Waals surface area contributed by atoms with Gasteiger partial charge in [-0.25, -0.2) is 0 Å². The van der Waals surface area contributed by atoms with E-state index >= 15 is 0 Å². The van der Waals surface area contributed by atoms with Gasteiger partial charge in [0.05, 0.1) is 29.0 Å². The molecule has 11 heteroatoms. The molecule has 180 valence electrons. The van der Waals surface area contributed by atoms with Gasteiger partial charge in [0.1, 0.15) is 11.5 Å². The van der Waals surface area contributed by atoms with E-state index in [-0.39, 0.29) is 35.1 Å². The fourth-order valence-electron chi connectivity index (χ4n) is 2.95. The molecule has 0 heterocycles. The van der Waals surface area contributed by atoms with Gasteiger partial charge >= 0.3 is 12.4 Å². The van der Waals surface area contributed by atoms with Crippen molar-refractivity contribution >= 4 is 23.2 Å². The van der Waals surface area contributed by atoms with Gasteiger partial charge in [0, 0.05) is 11.4 Å². The lowest BCUT2D eigenvalue weighted by molar-refractivity contribution is -0.138. The van der Waals surface area contributed by atoms with Gasteiger partial charge < -0.3 is 15.2 Å². The highest BCUT2D eigenvalue weighted by Gasteiger charge is 2.32. The van der Waals surface area contributed by atoms with Crippen LogP contribution < -0.4 is 10.1 Å². The fourth-order valence-corrected chi connectivity index (χ4v) is 3.12. The highest BCUT2D eigenvalue weighted by Crippen LogP contribution is 2.36. The van der Waals surface area contributed by atoms with E-state index in [1.807, 2.05) is 0 Å². The second kappa shape index (κ2) is 9.84. The van der Waals surface area contributed by atoms with Crippen LogP contribution in [0.3, 0.4) is 0 Å². The van der Waals surface area contributed by atoms with Crippen LogP contribution >= 0.6 is 11.6 Å². The predicted octanol–water partition coefficient (Wildman–Crippen LogP) is 6.96. The first-order chi connectivity index (χ1) is 15.8. The SMILES string of the molecule is O=C(Nc1cc(C(F)(F)F)ccc1OCCc1ccc(C(F)(F)F)cc1)c1cc(Cl)ccc1O. The van der Waals surface area contributed by atoms with Gasteiger partial charge in [0.2, 0.25) is 0 Å². The highest BCUT2D eigenvalue weighted by atomic mass is 35.5. The molecule has 0 aliphatic rings. The minimum absolute atomic E-state index is 0.0952. The molecule has 0 radical (unpaired) electrons. The van der Waals surface area contributed by atoms with Crippen molar-refractivity contribution in [1.29, 1.82) is 0 Å². The van der Waals surface area contributed by atoms with Crippen LogP contribution in [-0.2, 0) is 18.8 Å². The molecule has 3 rings (SSSR count). The van der Waals surface area contributed by atoms with Gasteiger partial charge in [-0.05, 0) is 54.1 Å². The molecule has 34 heavy (non-hydrogen) atoms. The summed E-state index contributed by atoms with van der Waals surface area (Å²) in [4.78, 5) is 12.6. The van der Waals surface area contributed by atoms with Crippen molar-refractivity contribution in [3.63, 3.8) is 0 Å². The van der Waals surface area contributed by atoms with Crippen molar-refractivity contribution in [3.05, 3.63) is 87.9 Å². The summed E-state index contributed by atoms with van der Waals surface area (Å²) in [6.45, 7) is -0.0952. The number of carbonyl (C=O) groups excluding carboxylic acids is 1. The van der Waals surface area contributed by atoms with E-state index in [2.05, 4.69) is 5.32 Å². The molecular formula is C23H16ClF6NO3. The largest absolute Gasteiger partial charge is 0.507 e. The van der Waals surface area contributed by atoms with Crippen LogP contribution in [0.4, 0.5) is 32.0 Å². The summed E-state index contributed by atoms with van der Waals surface area (Å²) >= 11 is 5.81. The number of hydrogen-bond donors (Lipinski definition) is 2. The molecule has 0 saturated carbocycles. The summed E-state index contributed by atoms with van der Waals surface area (Å²) in [5, 5.41) is 12.3. The number of anilines is 1. The molecule has 0 aliphatic carbocycles. The number of benzene rings is 3. The normalized spacial score (nSPS) is 11.9. The lowest BCUT2D eigenvalue weighted by Crippen LogP contribution is -2.15. The number of nitrogens with one attached hydrogen (secondary N) is 1. The van der Waals surface area contributed by atoms with Crippen molar-refractivity contribution in [2.45, 2.75) is 18.8 Å². The Labute approximate surface area is 194 Å². The van der Waals surface area contributed by atoms with Crippen LogP contribution in [0.15, 0.2) is 60.7 Å². The average Bonchev–Trinajstić information content (AvgIpc) is 2.75. The van der Waals surface area contributed by atoms with E-state index in [0.29, 0.717) is 11.6 Å². The standard InChI is InChI=1S/C23H16ClF6NO3/c24-16-6-7-19(32)17(12-16)21(33)31-18-11-15(23(28,29)30)5-8-20(18)34-10-9-13-1-3-14(4-2-13)22(25,26)27/h1-8,11-12,32H,9-10H2,(H,31,33). The molecule has 0 aromatic heterocycles. The van der Waals surface area contributed by atoms with E-state index in [1.54, 1.807) is 0 Å². The molecule has 0 bridgehead atoms. The van der Waals surface area contributed by atoms with Gasteiger partial charge in [-0.15, -0.1) is 0 Å². The smallest absolute Gasteiger partial charge is 0.416 e. The van der Waals surface area contributed by atoms with Gasteiger partial charge in [0.25, 0.3) is 5.91 Å². The van der Waals surface area contributed by atoms with E-state index in [1.165, 1.54) is 18.2 Å². The lowest BCUT2D eigenvalue weighted by Gasteiger charge is -2.16. The molecule has 0 unspecified atom stereocenters. The first-order valence-corrected chi connectivity index (χ1v) is 10.0. The Morgan fingerprint density at radius 3 is 2.12 bits per heavy atom. The van der Waals surface area contributed by atoms with E-state index in [4.69, 9.17) is 16.3 Å². The molecule has 2 N–H and O–H groups in total. The number of ether oxygens (including phenoxy) is 1. The summed E-state index contributed by atoms with van der Waals surface area (Å²) in [5.74, 6) is -1.46. The van der Waals surface area contributed by atoms with Crippen LogP contribution in [0.25, 0.3) is 0 Å². The molecule has 1 amide bonds. The zero-order chi connectivity index (χ0) is 25.1. The quantitative estimate of drug-likeness (QED) is 0.358. The Hall–Kier alpha value is -3.40. The number of hydrogen-bond acceptors (Lipinski definition) is 3. The summed E-state index contributed by atoms with van der Waals surface area (Å²) in [6, 6.07) is 10.4. The Kier molecular flexibility index (Phi) is 7.30. The number of phenols is 1.